The number of nitrogens with one attached hydrogen (secondary N) is 2. The SMILES string of the molecule is CCNC(=O)NCCCOC(=O)c1ccc(CS(=O)(=O)c2ccccc2)cc1. The van der Waals surface area contributed by atoms with Crippen LogP contribution in [-0.2, 0) is 20.3 Å². The summed E-state index contributed by atoms with van der Waals surface area (Å²) in [5.41, 5.74) is 0.934. The molecule has 0 atom stereocenters. The Morgan fingerprint density at radius 1 is 0.964 bits per heavy atom. The third-order valence-corrected chi connectivity index (χ3v) is 5.53. The maximum atomic E-state index is 12.4. The molecule has 0 fully saturated rings. The molecular formula is C20H24N2O5S. The van der Waals surface area contributed by atoms with Crippen LogP contribution in [0.3, 0.4) is 0 Å². The molecule has 2 aromatic rings. The van der Waals surface area contributed by atoms with Gasteiger partial charge in [0, 0.05) is 13.1 Å². The Balaban J connectivity index is 1.82. The second-order valence-electron chi connectivity index (χ2n) is 6.04. The first-order chi connectivity index (χ1) is 13.4. The molecule has 2 amide bonds. The molecule has 0 spiro atoms. The minimum atomic E-state index is -3.43. The third-order valence-electron chi connectivity index (χ3n) is 3.83. The lowest BCUT2D eigenvalue weighted by atomic mass is 10.1. The lowest BCUT2D eigenvalue weighted by Crippen LogP contribution is -2.36. The van der Waals surface area contributed by atoms with E-state index in [0.29, 0.717) is 30.6 Å². The van der Waals surface area contributed by atoms with Crippen LogP contribution in [0.1, 0.15) is 29.3 Å². The predicted octanol–water partition coefficient (Wildman–Crippen LogP) is 2.53. The van der Waals surface area contributed by atoms with Crippen LogP contribution in [0.15, 0.2) is 59.5 Å². The molecule has 8 heteroatoms. The molecule has 0 aromatic heterocycles. The Labute approximate surface area is 165 Å². The molecule has 0 unspecified atom stereocenters. The summed E-state index contributed by atoms with van der Waals surface area (Å²) >= 11 is 0. The number of hydrogen-bond donors (Lipinski definition) is 2. The first-order valence-corrected chi connectivity index (χ1v) is 10.6. The number of benzene rings is 2. The fraction of sp³-hybridized carbons (Fsp3) is 0.300. The number of carbonyl (C=O) groups excluding carboxylic acids is 2. The van der Waals surface area contributed by atoms with Gasteiger partial charge in [-0.05, 0) is 43.2 Å². The Morgan fingerprint density at radius 2 is 1.64 bits per heavy atom. The van der Waals surface area contributed by atoms with Gasteiger partial charge in [-0.3, -0.25) is 0 Å². The second kappa shape index (κ2) is 10.5. The van der Waals surface area contributed by atoms with Crippen molar-refractivity contribution in [2.45, 2.75) is 24.0 Å². The summed E-state index contributed by atoms with van der Waals surface area (Å²) in [4.78, 5) is 23.5. The highest BCUT2D eigenvalue weighted by atomic mass is 32.2. The van der Waals surface area contributed by atoms with E-state index in [1.54, 1.807) is 54.6 Å². The zero-order chi connectivity index (χ0) is 20.4. The molecule has 2 aromatic carbocycles. The number of ether oxygens (including phenoxy) is 1. The van der Waals surface area contributed by atoms with Crippen molar-refractivity contribution in [3.05, 3.63) is 65.7 Å². The van der Waals surface area contributed by atoms with Gasteiger partial charge in [0.15, 0.2) is 9.84 Å². The number of sulfone groups is 1. The molecule has 150 valence electrons. The van der Waals surface area contributed by atoms with E-state index in [4.69, 9.17) is 4.74 Å². The molecule has 2 rings (SSSR count). The van der Waals surface area contributed by atoms with Crippen molar-refractivity contribution in [1.82, 2.24) is 10.6 Å². The number of esters is 1. The smallest absolute Gasteiger partial charge is 0.338 e. The number of hydrogen-bond acceptors (Lipinski definition) is 5. The van der Waals surface area contributed by atoms with E-state index in [9.17, 15) is 18.0 Å². The van der Waals surface area contributed by atoms with Crippen molar-refractivity contribution < 1.29 is 22.7 Å². The van der Waals surface area contributed by atoms with Crippen molar-refractivity contribution in [3.63, 3.8) is 0 Å². The van der Waals surface area contributed by atoms with E-state index < -0.39 is 15.8 Å². The van der Waals surface area contributed by atoms with Gasteiger partial charge in [-0.1, -0.05) is 30.3 Å². The Bertz CT molecular complexity index is 881. The highest BCUT2D eigenvalue weighted by molar-refractivity contribution is 7.90. The van der Waals surface area contributed by atoms with Gasteiger partial charge >= 0.3 is 12.0 Å². The molecule has 0 aliphatic rings. The zero-order valence-corrected chi connectivity index (χ0v) is 16.5. The van der Waals surface area contributed by atoms with Crippen LogP contribution in [0.2, 0.25) is 0 Å². The zero-order valence-electron chi connectivity index (χ0n) is 15.7. The van der Waals surface area contributed by atoms with E-state index in [1.807, 2.05) is 6.92 Å². The van der Waals surface area contributed by atoms with Gasteiger partial charge in [0.1, 0.15) is 0 Å². The molecule has 0 saturated heterocycles. The molecule has 0 saturated carbocycles. The fourth-order valence-electron chi connectivity index (χ4n) is 2.41. The molecular weight excluding hydrogens is 380 g/mol. The Morgan fingerprint density at radius 3 is 2.29 bits per heavy atom. The average Bonchev–Trinajstić information content (AvgIpc) is 2.69. The number of urea groups is 1. The van der Waals surface area contributed by atoms with Crippen LogP contribution < -0.4 is 10.6 Å². The molecule has 0 aliphatic carbocycles. The van der Waals surface area contributed by atoms with Crippen LogP contribution in [0.4, 0.5) is 4.79 Å². The maximum absolute atomic E-state index is 12.4. The van der Waals surface area contributed by atoms with Crippen molar-refractivity contribution in [2.24, 2.45) is 0 Å². The Kier molecular flexibility index (Phi) is 8.01. The first-order valence-electron chi connectivity index (χ1n) is 8.98. The predicted molar refractivity (Wildman–Crippen MR) is 106 cm³/mol. The molecule has 0 aliphatic heterocycles. The number of amides is 2. The quantitative estimate of drug-likeness (QED) is 0.494. The number of rotatable bonds is 9. The van der Waals surface area contributed by atoms with Crippen molar-refractivity contribution in [3.8, 4) is 0 Å². The largest absolute Gasteiger partial charge is 0.462 e. The molecule has 0 bridgehead atoms. The molecule has 0 radical (unpaired) electrons. The second-order valence-corrected chi connectivity index (χ2v) is 8.03. The summed E-state index contributed by atoms with van der Waals surface area (Å²) in [6.07, 6.45) is 0.496. The molecule has 28 heavy (non-hydrogen) atoms. The minimum absolute atomic E-state index is 0.141. The first kappa shape index (κ1) is 21.4. The third kappa shape index (κ3) is 6.70. The molecule has 7 nitrogen and oxygen atoms in total. The maximum Gasteiger partial charge on any atom is 0.338 e. The van der Waals surface area contributed by atoms with Gasteiger partial charge in [0.2, 0.25) is 0 Å². The van der Waals surface area contributed by atoms with E-state index in [-0.39, 0.29) is 23.3 Å². The van der Waals surface area contributed by atoms with E-state index >= 15 is 0 Å². The highest BCUT2D eigenvalue weighted by Crippen LogP contribution is 2.16. The highest BCUT2D eigenvalue weighted by Gasteiger charge is 2.15. The van der Waals surface area contributed by atoms with Crippen molar-refractivity contribution in [2.75, 3.05) is 19.7 Å². The van der Waals surface area contributed by atoms with Gasteiger partial charge in [0.25, 0.3) is 0 Å². The van der Waals surface area contributed by atoms with E-state index in [1.165, 1.54) is 0 Å². The normalized spacial score (nSPS) is 10.9. The number of carbonyl (C=O) groups is 2. The van der Waals surface area contributed by atoms with Crippen LogP contribution in [0.5, 0.6) is 0 Å². The van der Waals surface area contributed by atoms with Crippen molar-refractivity contribution >= 4 is 21.8 Å². The van der Waals surface area contributed by atoms with E-state index in [2.05, 4.69) is 10.6 Å². The summed E-state index contributed by atoms with van der Waals surface area (Å²) in [6.45, 7) is 2.94. The van der Waals surface area contributed by atoms with Gasteiger partial charge < -0.3 is 15.4 Å². The van der Waals surface area contributed by atoms with E-state index in [0.717, 1.165) is 0 Å². The molecule has 2 N–H and O–H groups in total. The Hall–Kier alpha value is -2.87. The van der Waals surface area contributed by atoms with Gasteiger partial charge in [-0.25, -0.2) is 18.0 Å². The molecule has 0 heterocycles. The van der Waals surface area contributed by atoms with Gasteiger partial charge in [-0.15, -0.1) is 0 Å². The average molecular weight is 404 g/mol. The standard InChI is InChI=1S/C20H24N2O5S/c1-2-21-20(24)22-13-6-14-27-19(23)17-11-9-16(10-12-17)15-28(25,26)18-7-4-3-5-8-18/h3-5,7-12H,2,6,13-15H2,1H3,(H2,21,22,24). The van der Waals surface area contributed by atoms with Crippen LogP contribution in [0, 0.1) is 0 Å². The topological polar surface area (TPSA) is 102 Å². The lowest BCUT2D eigenvalue weighted by molar-refractivity contribution is 0.0501. The minimum Gasteiger partial charge on any atom is -0.462 e. The summed E-state index contributed by atoms with van der Waals surface area (Å²) in [5.74, 6) is -0.631. The summed E-state index contributed by atoms with van der Waals surface area (Å²) < 4.78 is 29.9. The summed E-state index contributed by atoms with van der Waals surface area (Å²) in [5, 5.41) is 5.24. The monoisotopic (exact) mass is 404 g/mol. The van der Waals surface area contributed by atoms with Crippen molar-refractivity contribution in [1.29, 1.82) is 0 Å². The van der Waals surface area contributed by atoms with Crippen LogP contribution >= 0.6 is 0 Å². The van der Waals surface area contributed by atoms with Crippen LogP contribution in [-0.4, -0.2) is 40.1 Å². The van der Waals surface area contributed by atoms with Crippen LogP contribution in [0.25, 0.3) is 0 Å². The lowest BCUT2D eigenvalue weighted by Gasteiger charge is -2.08. The van der Waals surface area contributed by atoms with Gasteiger partial charge in [-0.2, -0.15) is 0 Å². The fourth-order valence-corrected chi connectivity index (χ4v) is 3.78. The summed E-state index contributed by atoms with van der Waals surface area (Å²) in [7, 11) is -3.43. The van der Waals surface area contributed by atoms with Gasteiger partial charge in [0.05, 0.1) is 22.8 Å². The summed E-state index contributed by atoms with van der Waals surface area (Å²) in [6, 6.07) is 14.3.